The van der Waals surface area contributed by atoms with Gasteiger partial charge in [-0.15, -0.1) is 0 Å². The first-order valence-electron chi connectivity index (χ1n) is 5.97. The molecule has 0 radical (unpaired) electrons. The van der Waals surface area contributed by atoms with E-state index in [9.17, 15) is 4.79 Å². The van der Waals surface area contributed by atoms with Gasteiger partial charge in [-0.25, -0.2) is 0 Å². The fourth-order valence-corrected chi connectivity index (χ4v) is 1.57. The lowest BCUT2D eigenvalue weighted by molar-refractivity contribution is -0.121. The summed E-state index contributed by atoms with van der Waals surface area (Å²) in [7, 11) is 0. The van der Waals surface area contributed by atoms with Crippen molar-refractivity contribution < 1.29 is 4.79 Å². The number of nitriles is 1. The number of hydrogen-bond acceptors (Lipinski definition) is 2. The molecule has 0 aliphatic rings. The number of rotatable bonds is 6. The van der Waals surface area contributed by atoms with E-state index in [-0.39, 0.29) is 18.7 Å². The molecule has 0 saturated carbocycles. The molecule has 0 aromatic heterocycles. The highest BCUT2D eigenvalue weighted by molar-refractivity contribution is 5.76. The van der Waals surface area contributed by atoms with Crippen molar-refractivity contribution in [1.82, 2.24) is 5.32 Å². The highest BCUT2D eigenvalue weighted by Gasteiger charge is 2.00. The summed E-state index contributed by atoms with van der Waals surface area (Å²) in [5.41, 5.74) is 2.42. The van der Waals surface area contributed by atoms with Crippen LogP contribution in [0.3, 0.4) is 0 Å². The molecule has 3 nitrogen and oxygen atoms in total. The number of aryl methyl sites for hydroxylation is 1. The third kappa shape index (κ3) is 5.17. The van der Waals surface area contributed by atoms with Gasteiger partial charge in [0.15, 0.2) is 0 Å². The van der Waals surface area contributed by atoms with Crippen LogP contribution < -0.4 is 5.32 Å². The maximum absolute atomic E-state index is 11.3. The standard InChI is InChI=1S/C14H18N2O/c1-2-4-12-6-8-13(9-7-12)11-16-14(17)5-3-10-15/h6-9H,2-5,11H2,1H3,(H,16,17). The molecular formula is C14H18N2O. The Morgan fingerprint density at radius 1 is 1.29 bits per heavy atom. The van der Waals surface area contributed by atoms with Crippen molar-refractivity contribution in [2.45, 2.75) is 39.2 Å². The average molecular weight is 230 g/mol. The minimum Gasteiger partial charge on any atom is -0.352 e. The van der Waals surface area contributed by atoms with Gasteiger partial charge in [0.1, 0.15) is 0 Å². The van der Waals surface area contributed by atoms with Crippen LogP contribution in [0.25, 0.3) is 0 Å². The third-order valence-electron chi connectivity index (χ3n) is 2.52. The molecule has 1 aromatic carbocycles. The van der Waals surface area contributed by atoms with Crippen LogP contribution in [-0.2, 0) is 17.8 Å². The van der Waals surface area contributed by atoms with Crippen LogP contribution in [0.1, 0.15) is 37.3 Å². The number of amides is 1. The second kappa shape index (κ2) is 7.45. The highest BCUT2D eigenvalue weighted by atomic mass is 16.1. The van der Waals surface area contributed by atoms with Crippen LogP contribution >= 0.6 is 0 Å². The van der Waals surface area contributed by atoms with Crippen molar-refractivity contribution in [1.29, 1.82) is 5.26 Å². The number of nitrogens with zero attached hydrogens (tertiary/aromatic N) is 1. The van der Waals surface area contributed by atoms with Crippen molar-refractivity contribution in [2.75, 3.05) is 0 Å². The lowest BCUT2D eigenvalue weighted by Crippen LogP contribution is -2.22. The summed E-state index contributed by atoms with van der Waals surface area (Å²) < 4.78 is 0. The second-order valence-corrected chi connectivity index (χ2v) is 4.00. The Morgan fingerprint density at radius 3 is 2.53 bits per heavy atom. The zero-order valence-corrected chi connectivity index (χ0v) is 10.2. The Balaban J connectivity index is 2.37. The van der Waals surface area contributed by atoms with Gasteiger partial charge in [0, 0.05) is 19.4 Å². The molecule has 0 atom stereocenters. The van der Waals surface area contributed by atoms with Gasteiger partial charge in [-0.05, 0) is 17.5 Å². The number of carbonyl (C=O) groups is 1. The van der Waals surface area contributed by atoms with E-state index in [2.05, 4.69) is 24.4 Å². The Bertz CT molecular complexity index is 390. The van der Waals surface area contributed by atoms with E-state index < -0.39 is 0 Å². The van der Waals surface area contributed by atoms with E-state index in [0.29, 0.717) is 6.54 Å². The molecule has 0 bridgehead atoms. The van der Waals surface area contributed by atoms with Gasteiger partial charge in [0.2, 0.25) is 5.91 Å². The van der Waals surface area contributed by atoms with Gasteiger partial charge >= 0.3 is 0 Å². The van der Waals surface area contributed by atoms with Gasteiger partial charge in [-0.2, -0.15) is 5.26 Å². The summed E-state index contributed by atoms with van der Waals surface area (Å²) in [6.45, 7) is 2.69. The zero-order chi connectivity index (χ0) is 12.5. The lowest BCUT2D eigenvalue weighted by atomic mass is 10.1. The van der Waals surface area contributed by atoms with E-state index >= 15 is 0 Å². The molecule has 0 saturated heterocycles. The van der Waals surface area contributed by atoms with E-state index in [0.717, 1.165) is 18.4 Å². The minimum absolute atomic E-state index is 0.0656. The van der Waals surface area contributed by atoms with Gasteiger partial charge in [0.05, 0.1) is 6.07 Å². The van der Waals surface area contributed by atoms with E-state index in [1.54, 1.807) is 0 Å². The molecule has 0 aliphatic heterocycles. The number of nitrogens with one attached hydrogen (secondary N) is 1. The van der Waals surface area contributed by atoms with Crippen LogP contribution in [0.2, 0.25) is 0 Å². The van der Waals surface area contributed by atoms with E-state index in [1.807, 2.05) is 18.2 Å². The van der Waals surface area contributed by atoms with Crippen molar-refractivity contribution in [2.24, 2.45) is 0 Å². The summed E-state index contributed by atoms with van der Waals surface area (Å²) in [6, 6.07) is 10.2. The van der Waals surface area contributed by atoms with E-state index in [1.165, 1.54) is 5.56 Å². The normalized spacial score (nSPS) is 9.65. The van der Waals surface area contributed by atoms with Gasteiger partial charge in [0.25, 0.3) is 0 Å². The Kier molecular flexibility index (Phi) is 5.81. The molecule has 0 heterocycles. The maximum atomic E-state index is 11.3. The molecule has 90 valence electrons. The summed E-state index contributed by atoms with van der Waals surface area (Å²) >= 11 is 0. The predicted octanol–water partition coefficient (Wildman–Crippen LogP) is 2.56. The quantitative estimate of drug-likeness (QED) is 0.816. The SMILES string of the molecule is CCCc1ccc(CNC(=O)CCC#N)cc1. The molecule has 17 heavy (non-hydrogen) atoms. The molecular weight excluding hydrogens is 212 g/mol. The summed E-state index contributed by atoms with van der Waals surface area (Å²) in [5.74, 6) is -0.0656. The van der Waals surface area contributed by atoms with Crippen molar-refractivity contribution >= 4 is 5.91 Å². The van der Waals surface area contributed by atoms with Crippen LogP contribution in [0.5, 0.6) is 0 Å². The predicted molar refractivity (Wildman–Crippen MR) is 67.1 cm³/mol. The first kappa shape index (κ1) is 13.2. The second-order valence-electron chi connectivity index (χ2n) is 4.00. The van der Waals surface area contributed by atoms with Crippen LogP contribution in [0, 0.1) is 11.3 Å². The molecule has 1 aromatic rings. The molecule has 0 aliphatic carbocycles. The van der Waals surface area contributed by atoms with Crippen molar-refractivity contribution in [3.8, 4) is 6.07 Å². The topological polar surface area (TPSA) is 52.9 Å². The third-order valence-corrected chi connectivity index (χ3v) is 2.52. The Hall–Kier alpha value is -1.82. The van der Waals surface area contributed by atoms with Crippen LogP contribution in [0.15, 0.2) is 24.3 Å². The molecule has 1 amide bonds. The summed E-state index contributed by atoms with van der Waals surface area (Å²) in [5, 5.41) is 11.1. The fourth-order valence-electron chi connectivity index (χ4n) is 1.57. The van der Waals surface area contributed by atoms with Crippen LogP contribution in [0.4, 0.5) is 0 Å². The highest BCUT2D eigenvalue weighted by Crippen LogP contribution is 2.06. The van der Waals surface area contributed by atoms with E-state index in [4.69, 9.17) is 5.26 Å². The van der Waals surface area contributed by atoms with Crippen molar-refractivity contribution in [3.05, 3.63) is 35.4 Å². The smallest absolute Gasteiger partial charge is 0.221 e. The molecule has 0 spiro atoms. The Labute approximate surface area is 102 Å². The van der Waals surface area contributed by atoms with Gasteiger partial charge in [-0.1, -0.05) is 37.6 Å². The maximum Gasteiger partial charge on any atom is 0.221 e. The van der Waals surface area contributed by atoms with Gasteiger partial charge < -0.3 is 5.32 Å². The number of carbonyl (C=O) groups excluding carboxylic acids is 1. The minimum atomic E-state index is -0.0656. The van der Waals surface area contributed by atoms with Gasteiger partial charge in [-0.3, -0.25) is 4.79 Å². The first-order valence-corrected chi connectivity index (χ1v) is 5.97. The number of benzene rings is 1. The largest absolute Gasteiger partial charge is 0.352 e. The molecule has 1 N–H and O–H groups in total. The lowest BCUT2D eigenvalue weighted by Gasteiger charge is -2.05. The fraction of sp³-hybridized carbons (Fsp3) is 0.429. The molecule has 3 heteroatoms. The zero-order valence-electron chi connectivity index (χ0n) is 10.2. The first-order chi connectivity index (χ1) is 8.26. The molecule has 0 unspecified atom stereocenters. The average Bonchev–Trinajstić information content (AvgIpc) is 2.36. The molecule has 0 fully saturated rings. The van der Waals surface area contributed by atoms with Crippen molar-refractivity contribution in [3.63, 3.8) is 0 Å². The molecule has 1 rings (SSSR count). The van der Waals surface area contributed by atoms with Crippen LogP contribution in [-0.4, -0.2) is 5.91 Å². The monoisotopic (exact) mass is 230 g/mol. The summed E-state index contributed by atoms with van der Waals surface area (Å²) in [6.07, 6.45) is 2.80. The number of hydrogen-bond donors (Lipinski definition) is 1. The Morgan fingerprint density at radius 2 is 1.94 bits per heavy atom. The summed E-state index contributed by atoms with van der Waals surface area (Å²) in [4.78, 5) is 11.3.